The molecule has 0 spiro atoms. The van der Waals surface area contributed by atoms with E-state index in [9.17, 15) is 0 Å². The topological polar surface area (TPSA) is 20.2 Å². The van der Waals surface area contributed by atoms with Crippen molar-refractivity contribution in [3.63, 3.8) is 0 Å². The van der Waals surface area contributed by atoms with Crippen molar-refractivity contribution in [2.75, 3.05) is 6.61 Å². The smallest absolute Gasteiger partial charge is 0.0444 e. The highest BCUT2D eigenvalue weighted by Gasteiger charge is 2.36. The van der Waals surface area contributed by atoms with E-state index in [2.05, 4.69) is 32.5 Å². The standard InChI is InChI=1S/C10H20OS/c1-8(2)9-4-5-10(3,12-9)6-7-11/h8-9,11H,4-7H2,1-3H3/t9-,10-/m0/s1. The largest absolute Gasteiger partial charge is 0.396 e. The van der Waals surface area contributed by atoms with E-state index >= 15 is 0 Å². The molecule has 0 bridgehead atoms. The third kappa shape index (κ3) is 2.40. The molecule has 0 radical (unpaired) electrons. The van der Waals surface area contributed by atoms with E-state index in [4.69, 9.17) is 5.11 Å². The van der Waals surface area contributed by atoms with Crippen LogP contribution in [0.3, 0.4) is 0 Å². The first kappa shape index (κ1) is 10.4. The van der Waals surface area contributed by atoms with Crippen molar-refractivity contribution < 1.29 is 5.11 Å². The van der Waals surface area contributed by atoms with Crippen molar-refractivity contribution >= 4 is 11.8 Å². The Kier molecular flexibility index (Phi) is 3.47. The Labute approximate surface area is 79.9 Å². The summed E-state index contributed by atoms with van der Waals surface area (Å²) in [6, 6.07) is 0. The Bertz CT molecular complexity index is 147. The maximum absolute atomic E-state index is 8.90. The van der Waals surface area contributed by atoms with Crippen LogP contribution in [0.2, 0.25) is 0 Å². The van der Waals surface area contributed by atoms with Crippen molar-refractivity contribution in [2.24, 2.45) is 5.92 Å². The third-order valence-corrected chi connectivity index (χ3v) is 4.84. The van der Waals surface area contributed by atoms with E-state index in [0.717, 1.165) is 17.6 Å². The lowest BCUT2D eigenvalue weighted by Crippen LogP contribution is -2.18. The number of thioether (sulfide) groups is 1. The van der Waals surface area contributed by atoms with Gasteiger partial charge in [-0.2, -0.15) is 11.8 Å². The van der Waals surface area contributed by atoms with Crippen molar-refractivity contribution in [3.8, 4) is 0 Å². The highest BCUT2D eigenvalue weighted by atomic mass is 32.2. The van der Waals surface area contributed by atoms with Crippen LogP contribution in [0.5, 0.6) is 0 Å². The molecule has 2 heteroatoms. The van der Waals surface area contributed by atoms with Gasteiger partial charge in [0.05, 0.1) is 0 Å². The number of aliphatic hydroxyl groups excluding tert-OH is 1. The Balaban J connectivity index is 2.43. The molecule has 0 saturated carbocycles. The molecule has 0 aromatic heterocycles. The Hall–Kier alpha value is 0.310. The molecule has 1 N–H and O–H groups in total. The molecule has 2 atom stereocenters. The van der Waals surface area contributed by atoms with Crippen LogP contribution in [0.4, 0.5) is 0 Å². The van der Waals surface area contributed by atoms with E-state index in [1.165, 1.54) is 12.8 Å². The Morgan fingerprint density at radius 1 is 1.58 bits per heavy atom. The van der Waals surface area contributed by atoms with Gasteiger partial charge < -0.3 is 5.11 Å². The van der Waals surface area contributed by atoms with E-state index in [1.807, 2.05) is 0 Å². The maximum atomic E-state index is 8.90. The van der Waals surface area contributed by atoms with Crippen molar-refractivity contribution in [1.29, 1.82) is 0 Å². The van der Waals surface area contributed by atoms with E-state index in [1.54, 1.807) is 0 Å². The predicted molar refractivity (Wildman–Crippen MR) is 55.6 cm³/mol. The molecule has 1 aliphatic rings. The summed E-state index contributed by atoms with van der Waals surface area (Å²) in [6.45, 7) is 7.22. The quantitative estimate of drug-likeness (QED) is 0.735. The second kappa shape index (κ2) is 4.01. The minimum atomic E-state index is 0.342. The van der Waals surface area contributed by atoms with E-state index in [0.29, 0.717) is 11.4 Å². The highest BCUT2D eigenvalue weighted by Crippen LogP contribution is 2.47. The van der Waals surface area contributed by atoms with Crippen LogP contribution in [0.15, 0.2) is 0 Å². The predicted octanol–water partition coefficient (Wildman–Crippen LogP) is 2.68. The van der Waals surface area contributed by atoms with Crippen LogP contribution < -0.4 is 0 Å². The first-order valence-electron chi connectivity index (χ1n) is 4.86. The fraction of sp³-hybridized carbons (Fsp3) is 1.00. The maximum Gasteiger partial charge on any atom is 0.0444 e. The normalized spacial score (nSPS) is 36.2. The Morgan fingerprint density at radius 3 is 2.67 bits per heavy atom. The summed E-state index contributed by atoms with van der Waals surface area (Å²) in [6.07, 6.45) is 3.57. The molecule has 0 aromatic rings. The first-order valence-corrected chi connectivity index (χ1v) is 5.74. The lowest BCUT2D eigenvalue weighted by Gasteiger charge is -2.23. The molecular formula is C10H20OS. The van der Waals surface area contributed by atoms with Gasteiger partial charge in [-0.25, -0.2) is 0 Å². The molecule has 72 valence electrons. The molecule has 1 aliphatic heterocycles. The minimum absolute atomic E-state index is 0.342. The Morgan fingerprint density at radius 2 is 2.25 bits per heavy atom. The molecular weight excluding hydrogens is 168 g/mol. The van der Waals surface area contributed by atoms with E-state index in [-0.39, 0.29) is 0 Å². The fourth-order valence-corrected chi connectivity index (χ4v) is 3.50. The van der Waals surface area contributed by atoms with Gasteiger partial charge in [-0.15, -0.1) is 0 Å². The SMILES string of the molecule is CC(C)[C@@H]1CC[C@@](C)(CCO)S1. The molecule has 1 saturated heterocycles. The van der Waals surface area contributed by atoms with Crippen LogP contribution in [0, 0.1) is 5.92 Å². The average molecular weight is 188 g/mol. The molecule has 1 rings (SSSR count). The van der Waals surface area contributed by atoms with E-state index < -0.39 is 0 Å². The molecule has 0 unspecified atom stereocenters. The summed E-state index contributed by atoms with van der Waals surface area (Å²) in [4.78, 5) is 0. The molecule has 1 fully saturated rings. The zero-order chi connectivity index (χ0) is 9.19. The van der Waals surface area contributed by atoms with Gasteiger partial charge in [-0.05, 0) is 25.2 Å². The second-order valence-corrected chi connectivity index (χ2v) is 6.19. The van der Waals surface area contributed by atoms with Crippen LogP contribution in [-0.4, -0.2) is 21.7 Å². The molecule has 0 aliphatic carbocycles. The van der Waals surface area contributed by atoms with Crippen molar-refractivity contribution in [3.05, 3.63) is 0 Å². The number of hydrogen-bond donors (Lipinski definition) is 1. The van der Waals surface area contributed by atoms with Crippen LogP contribution in [0.1, 0.15) is 40.0 Å². The zero-order valence-corrected chi connectivity index (χ0v) is 9.16. The van der Waals surface area contributed by atoms with Gasteiger partial charge >= 0.3 is 0 Å². The minimum Gasteiger partial charge on any atom is -0.396 e. The number of rotatable bonds is 3. The molecule has 12 heavy (non-hydrogen) atoms. The van der Waals surface area contributed by atoms with Gasteiger partial charge in [0.1, 0.15) is 0 Å². The number of aliphatic hydroxyl groups is 1. The fourth-order valence-electron chi connectivity index (χ4n) is 1.82. The van der Waals surface area contributed by atoms with Gasteiger partial charge in [0.25, 0.3) is 0 Å². The molecule has 1 heterocycles. The van der Waals surface area contributed by atoms with Gasteiger partial charge in [-0.3, -0.25) is 0 Å². The van der Waals surface area contributed by atoms with Gasteiger partial charge in [0, 0.05) is 16.6 Å². The molecule has 0 aromatic carbocycles. The van der Waals surface area contributed by atoms with Crippen LogP contribution >= 0.6 is 11.8 Å². The summed E-state index contributed by atoms with van der Waals surface area (Å²) in [5, 5.41) is 9.72. The lowest BCUT2D eigenvalue weighted by molar-refractivity contribution is 0.270. The van der Waals surface area contributed by atoms with Gasteiger partial charge in [-0.1, -0.05) is 20.8 Å². The first-order chi connectivity index (χ1) is 5.57. The zero-order valence-electron chi connectivity index (χ0n) is 8.34. The van der Waals surface area contributed by atoms with Crippen molar-refractivity contribution in [1.82, 2.24) is 0 Å². The summed E-state index contributed by atoms with van der Waals surface area (Å²) < 4.78 is 0.365. The van der Waals surface area contributed by atoms with Crippen LogP contribution in [0.25, 0.3) is 0 Å². The van der Waals surface area contributed by atoms with Gasteiger partial charge in [0.15, 0.2) is 0 Å². The average Bonchev–Trinajstić information content (AvgIpc) is 2.33. The van der Waals surface area contributed by atoms with Crippen molar-refractivity contribution in [2.45, 2.75) is 50.0 Å². The summed E-state index contributed by atoms with van der Waals surface area (Å²) in [7, 11) is 0. The highest BCUT2D eigenvalue weighted by molar-refractivity contribution is 8.01. The lowest BCUT2D eigenvalue weighted by atomic mass is 9.98. The summed E-state index contributed by atoms with van der Waals surface area (Å²) >= 11 is 2.09. The number of hydrogen-bond acceptors (Lipinski definition) is 2. The summed E-state index contributed by atoms with van der Waals surface area (Å²) in [5.74, 6) is 0.788. The molecule has 0 amide bonds. The van der Waals surface area contributed by atoms with Gasteiger partial charge in [0.2, 0.25) is 0 Å². The monoisotopic (exact) mass is 188 g/mol. The summed E-state index contributed by atoms with van der Waals surface area (Å²) in [5.41, 5.74) is 0. The second-order valence-electron chi connectivity index (χ2n) is 4.36. The van der Waals surface area contributed by atoms with Crippen LogP contribution in [-0.2, 0) is 0 Å². The molecule has 1 nitrogen and oxygen atoms in total. The third-order valence-electron chi connectivity index (χ3n) is 2.78.